The lowest BCUT2D eigenvalue weighted by molar-refractivity contribution is -0.122. The Balaban J connectivity index is 1.12. The second kappa shape index (κ2) is 11.3. The lowest BCUT2D eigenvalue weighted by Gasteiger charge is -2.57. The van der Waals surface area contributed by atoms with Crippen molar-refractivity contribution >= 4 is 74.8 Å². The minimum atomic E-state index is -0.723. The number of nitrogens with one attached hydrogen (secondary N) is 1. The smallest absolute Gasteiger partial charge is 0.335 e. The largest absolute Gasteiger partial charge is 0.487 e. The number of anilines is 1. The number of ether oxygens (including phenoxy) is 1. The molecule has 43 heavy (non-hydrogen) atoms. The van der Waals surface area contributed by atoms with E-state index in [1.54, 1.807) is 6.08 Å². The summed E-state index contributed by atoms with van der Waals surface area (Å²) in [5, 5.41) is 2.37. The number of hydrogen-bond acceptors (Lipinski definition) is 4. The van der Waals surface area contributed by atoms with Crippen LogP contribution >= 0.6 is 45.2 Å². The van der Waals surface area contributed by atoms with E-state index >= 15 is 0 Å². The number of benzene rings is 3. The molecule has 0 radical (unpaired) electrons. The van der Waals surface area contributed by atoms with Gasteiger partial charge >= 0.3 is 6.03 Å². The third-order valence-electron chi connectivity index (χ3n) is 9.68. The maximum absolute atomic E-state index is 13.6. The van der Waals surface area contributed by atoms with Crippen molar-refractivity contribution < 1.29 is 19.1 Å². The molecule has 4 amide bonds. The van der Waals surface area contributed by atoms with Gasteiger partial charge in [-0.05, 0) is 161 Å². The molecule has 1 aliphatic heterocycles. The predicted octanol–water partition coefficient (Wildman–Crippen LogP) is 7.92. The Bertz CT molecular complexity index is 1620. The highest BCUT2D eigenvalue weighted by molar-refractivity contribution is 14.1. The van der Waals surface area contributed by atoms with E-state index in [0.717, 1.165) is 41.1 Å². The number of rotatable bonds is 6. The van der Waals surface area contributed by atoms with Crippen LogP contribution in [0.3, 0.4) is 0 Å². The van der Waals surface area contributed by atoms with Crippen LogP contribution in [0, 0.1) is 31.8 Å². The number of hydrogen-bond donors (Lipinski definition) is 1. The van der Waals surface area contributed by atoms with E-state index < -0.39 is 17.8 Å². The average Bonchev–Trinajstić information content (AvgIpc) is 2.94. The minimum Gasteiger partial charge on any atom is -0.487 e. The van der Waals surface area contributed by atoms with E-state index in [1.807, 2.05) is 36.4 Å². The molecule has 3 aromatic rings. The zero-order valence-electron chi connectivity index (χ0n) is 23.9. The highest BCUT2D eigenvalue weighted by Crippen LogP contribution is 2.60. The van der Waals surface area contributed by atoms with Gasteiger partial charge in [-0.2, -0.15) is 0 Å². The second-order valence-corrected chi connectivity index (χ2v) is 15.1. The quantitative estimate of drug-likeness (QED) is 0.156. The van der Waals surface area contributed by atoms with E-state index in [2.05, 4.69) is 81.7 Å². The van der Waals surface area contributed by atoms with Crippen LogP contribution in [0.25, 0.3) is 6.08 Å². The molecule has 6 nitrogen and oxygen atoms in total. The Hall–Kier alpha value is -2.73. The van der Waals surface area contributed by atoms with Crippen molar-refractivity contribution in [2.45, 2.75) is 57.5 Å². The Morgan fingerprint density at radius 2 is 1.53 bits per heavy atom. The first-order valence-electron chi connectivity index (χ1n) is 14.9. The van der Waals surface area contributed by atoms with Crippen LogP contribution in [0.4, 0.5) is 10.5 Å². The van der Waals surface area contributed by atoms with Gasteiger partial charge in [-0.15, -0.1) is 0 Å². The molecule has 5 aliphatic rings. The van der Waals surface area contributed by atoms with Crippen LogP contribution in [0.15, 0.2) is 66.2 Å². The van der Waals surface area contributed by atoms with Gasteiger partial charge in [0.1, 0.15) is 17.9 Å². The topological polar surface area (TPSA) is 75.7 Å². The van der Waals surface area contributed by atoms with Crippen molar-refractivity contribution in [3.05, 3.63) is 95.6 Å². The van der Waals surface area contributed by atoms with Gasteiger partial charge in [0, 0.05) is 0 Å². The van der Waals surface area contributed by atoms with Gasteiger partial charge in [0.05, 0.1) is 12.8 Å². The molecule has 1 saturated heterocycles. The number of urea groups is 1. The van der Waals surface area contributed by atoms with Crippen molar-refractivity contribution in [2.24, 2.45) is 17.8 Å². The standard InChI is InChI=1S/C35H32I2N2O4/c1-20-3-2-4-21(9-20)19-43-31-29(36)14-22(15-30(31)37)13-28-32(40)38-34(42)39(33(28)41)27-7-5-26(6-8-27)35-16-23-10-24(17-35)12-25(11-23)18-35/h2-9,13-15,23-25H,10-12,16-19H2,1H3,(H,38,40,42)/b28-13+. The molecular weight excluding hydrogens is 766 g/mol. The number of amides is 4. The molecule has 8 rings (SSSR count). The monoisotopic (exact) mass is 798 g/mol. The molecule has 3 aromatic carbocycles. The maximum atomic E-state index is 13.6. The first kappa shape index (κ1) is 29.0. The van der Waals surface area contributed by atoms with Crippen LogP contribution in [0.1, 0.15) is 60.8 Å². The fourth-order valence-corrected chi connectivity index (χ4v) is 10.4. The molecule has 0 unspecified atom stereocenters. The van der Waals surface area contributed by atoms with E-state index in [-0.39, 0.29) is 11.0 Å². The average molecular weight is 798 g/mol. The van der Waals surface area contributed by atoms with Crippen molar-refractivity contribution in [3.8, 4) is 5.75 Å². The number of carbonyl (C=O) groups excluding carboxylic acids is 3. The highest BCUT2D eigenvalue weighted by Gasteiger charge is 2.51. The van der Waals surface area contributed by atoms with Gasteiger partial charge in [-0.3, -0.25) is 14.9 Å². The second-order valence-electron chi connectivity index (χ2n) is 12.8. The zero-order valence-corrected chi connectivity index (χ0v) is 28.2. The van der Waals surface area contributed by atoms with Crippen molar-refractivity contribution in [1.82, 2.24) is 5.32 Å². The van der Waals surface area contributed by atoms with Crippen LogP contribution < -0.4 is 15.0 Å². The van der Waals surface area contributed by atoms with Crippen LogP contribution in [-0.2, 0) is 21.6 Å². The summed E-state index contributed by atoms with van der Waals surface area (Å²) < 4.78 is 7.86. The minimum absolute atomic E-state index is 0.0789. The number of halogens is 2. The Morgan fingerprint density at radius 1 is 0.907 bits per heavy atom. The zero-order chi connectivity index (χ0) is 29.9. The lowest BCUT2D eigenvalue weighted by atomic mass is 9.48. The fraction of sp³-hybridized carbons (Fsp3) is 0.343. The molecule has 8 heteroatoms. The number of carbonyl (C=O) groups is 3. The summed E-state index contributed by atoms with van der Waals surface area (Å²) in [6, 6.07) is 19.1. The van der Waals surface area contributed by atoms with Gasteiger partial charge in [0.15, 0.2) is 0 Å². The molecule has 0 spiro atoms. The third kappa shape index (κ3) is 5.54. The van der Waals surface area contributed by atoms with Gasteiger partial charge in [-0.25, -0.2) is 9.69 Å². The van der Waals surface area contributed by atoms with Crippen molar-refractivity contribution in [2.75, 3.05) is 4.90 Å². The summed E-state index contributed by atoms with van der Waals surface area (Å²) in [7, 11) is 0. The summed E-state index contributed by atoms with van der Waals surface area (Å²) >= 11 is 4.42. The number of barbiturate groups is 1. The van der Waals surface area contributed by atoms with Gasteiger partial charge in [-0.1, -0.05) is 42.0 Å². The van der Waals surface area contributed by atoms with Crippen LogP contribution in [0.5, 0.6) is 5.75 Å². The molecule has 1 heterocycles. The molecule has 0 aromatic heterocycles. The van der Waals surface area contributed by atoms with Gasteiger partial charge in [0.25, 0.3) is 11.8 Å². The fourth-order valence-electron chi connectivity index (χ4n) is 8.25. The van der Waals surface area contributed by atoms with Crippen LogP contribution in [0.2, 0.25) is 0 Å². The normalized spacial score (nSPS) is 27.1. The molecule has 5 fully saturated rings. The number of nitrogens with zero attached hydrogens (tertiary/aromatic N) is 1. The van der Waals surface area contributed by atoms with Gasteiger partial charge in [0.2, 0.25) is 0 Å². The molecule has 0 atom stereocenters. The highest BCUT2D eigenvalue weighted by atomic mass is 127. The summed E-state index contributed by atoms with van der Waals surface area (Å²) in [5.74, 6) is 1.93. The third-order valence-corrected chi connectivity index (χ3v) is 11.3. The van der Waals surface area contributed by atoms with E-state index in [1.165, 1.54) is 49.7 Å². The predicted molar refractivity (Wildman–Crippen MR) is 183 cm³/mol. The first-order valence-corrected chi connectivity index (χ1v) is 17.0. The number of aryl methyl sites for hydroxylation is 1. The van der Waals surface area contributed by atoms with Crippen molar-refractivity contribution in [3.63, 3.8) is 0 Å². The van der Waals surface area contributed by atoms with E-state index in [9.17, 15) is 14.4 Å². The SMILES string of the molecule is Cc1cccc(COc2c(I)cc(/C=C3\C(=O)NC(=O)N(c4ccc(C56CC7CC(CC(C7)C5)C6)cc4)C3=O)cc2I)c1. The Morgan fingerprint density at radius 3 is 2.14 bits per heavy atom. The van der Waals surface area contributed by atoms with Gasteiger partial charge < -0.3 is 4.74 Å². The molecule has 4 bridgehead atoms. The molecule has 4 aliphatic carbocycles. The lowest BCUT2D eigenvalue weighted by Crippen LogP contribution is -2.54. The molecule has 4 saturated carbocycles. The maximum Gasteiger partial charge on any atom is 0.335 e. The summed E-state index contributed by atoms with van der Waals surface area (Å²) in [6.07, 6.45) is 9.43. The van der Waals surface area contributed by atoms with Crippen LogP contribution in [-0.4, -0.2) is 17.8 Å². The molecular formula is C35H32I2N2O4. The summed E-state index contributed by atoms with van der Waals surface area (Å²) in [6.45, 7) is 2.49. The van der Waals surface area contributed by atoms with E-state index in [0.29, 0.717) is 17.9 Å². The molecule has 220 valence electrons. The Labute approximate surface area is 278 Å². The Kier molecular flexibility index (Phi) is 7.64. The summed E-state index contributed by atoms with van der Waals surface area (Å²) in [4.78, 5) is 40.5. The first-order chi connectivity index (χ1) is 20.7. The van der Waals surface area contributed by atoms with E-state index in [4.69, 9.17) is 4.74 Å². The van der Waals surface area contributed by atoms with Crippen molar-refractivity contribution in [1.29, 1.82) is 0 Å². The summed E-state index contributed by atoms with van der Waals surface area (Å²) in [5.41, 5.74) is 4.88. The number of imide groups is 2. The molecule has 1 N–H and O–H groups in total.